The van der Waals surface area contributed by atoms with Crippen LogP contribution in [0.2, 0.25) is 0 Å². The van der Waals surface area contributed by atoms with Crippen molar-refractivity contribution in [3.63, 3.8) is 0 Å². The molecule has 2 heterocycles. The lowest BCUT2D eigenvalue weighted by Gasteiger charge is -2.29. The van der Waals surface area contributed by atoms with Gasteiger partial charge in [-0.05, 0) is 62.5 Å². The van der Waals surface area contributed by atoms with Gasteiger partial charge in [-0.25, -0.2) is 0 Å². The first-order chi connectivity index (χ1) is 9.26. The van der Waals surface area contributed by atoms with Crippen LogP contribution in [0.15, 0.2) is 24.4 Å². The van der Waals surface area contributed by atoms with Gasteiger partial charge in [-0.3, -0.25) is 0 Å². The number of nitrogens with one attached hydrogen (secondary N) is 1. The zero-order valence-electron chi connectivity index (χ0n) is 11.8. The van der Waals surface area contributed by atoms with Crippen LogP contribution in [0.5, 0.6) is 5.75 Å². The summed E-state index contributed by atoms with van der Waals surface area (Å²) in [5.41, 5.74) is 2.63. The average molecular weight is 258 g/mol. The van der Waals surface area contributed by atoms with Crippen LogP contribution < -0.4 is 4.74 Å². The number of H-pyrrole nitrogens is 1. The number of piperidine rings is 1. The quantitative estimate of drug-likeness (QED) is 0.916. The summed E-state index contributed by atoms with van der Waals surface area (Å²) < 4.78 is 5.33. The van der Waals surface area contributed by atoms with Gasteiger partial charge in [0.2, 0.25) is 0 Å². The predicted molar refractivity (Wildman–Crippen MR) is 78.8 cm³/mol. The highest BCUT2D eigenvalue weighted by molar-refractivity contribution is 5.84. The molecule has 1 saturated heterocycles. The monoisotopic (exact) mass is 258 g/mol. The summed E-state index contributed by atoms with van der Waals surface area (Å²) >= 11 is 0. The van der Waals surface area contributed by atoms with Crippen molar-refractivity contribution >= 4 is 10.9 Å². The third-order valence-corrected chi connectivity index (χ3v) is 4.21. The van der Waals surface area contributed by atoms with E-state index in [1.807, 2.05) is 6.07 Å². The fourth-order valence-electron chi connectivity index (χ4n) is 3.20. The number of hydrogen-bond donors (Lipinski definition) is 1. The molecule has 0 radical (unpaired) electrons. The van der Waals surface area contributed by atoms with Crippen molar-refractivity contribution in [1.29, 1.82) is 0 Å². The van der Waals surface area contributed by atoms with Gasteiger partial charge in [0.15, 0.2) is 0 Å². The largest absolute Gasteiger partial charge is 0.497 e. The van der Waals surface area contributed by atoms with Gasteiger partial charge in [0.25, 0.3) is 0 Å². The van der Waals surface area contributed by atoms with Gasteiger partial charge in [-0.2, -0.15) is 0 Å². The molecule has 0 aliphatic carbocycles. The number of fused-ring (bicyclic) bond motifs is 1. The molecule has 0 bridgehead atoms. The van der Waals surface area contributed by atoms with Crippen molar-refractivity contribution < 1.29 is 4.74 Å². The van der Waals surface area contributed by atoms with Crippen LogP contribution in [0.3, 0.4) is 0 Å². The second-order valence-corrected chi connectivity index (χ2v) is 5.70. The number of hydrogen-bond acceptors (Lipinski definition) is 2. The molecule has 1 aliphatic rings. The highest BCUT2D eigenvalue weighted by Crippen LogP contribution is 2.27. The summed E-state index contributed by atoms with van der Waals surface area (Å²) in [7, 11) is 3.95. The maximum Gasteiger partial charge on any atom is 0.119 e. The summed E-state index contributed by atoms with van der Waals surface area (Å²) in [5, 5.41) is 1.31. The molecule has 1 fully saturated rings. The van der Waals surface area contributed by atoms with Gasteiger partial charge in [-0.1, -0.05) is 0 Å². The SMILES string of the molecule is COc1ccc2[nH]cc(CC3CCCN(C)C3)c2c1. The molecule has 1 N–H and O–H groups in total. The Bertz CT molecular complexity index is 561. The Balaban J connectivity index is 1.83. The maximum absolute atomic E-state index is 5.33. The Hall–Kier alpha value is -1.48. The number of aromatic amines is 1. The molecule has 3 nitrogen and oxygen atoms in total. The van der Waals surface area contributed by atoms with Crippen molar-refractivity contribution in [2.75, 3.05) is 27.2 Å². The van der Waals surface area contributed by atoms with E-state index in [0.717, 1.165) is 18.1 Å². The Morgan fingerprint density at radius 3 is 3.11 bits per heavy atom. The minimum Gasteiger partial charge on any atom is -0.497 e. The third kappa shape index (κ3) is 2.61. The molecule has 0 spiro atoms. The molecule has 2 aromatic rings. The number of likely N-dealkylation sites (tertiary alicyclic amines) is 1. The number of benzene rings is 1. The van der Waals surface area contributed by atoms with Gasteiger partial charge < -0.3 is 14.6 Å². The third-order valence-electron chi connectivity index (χ3n) is 4.21. The fraction of sp³-hybridized carbons (Fsp3) is 0.500. The van der Waals surface area contributed by atoms with E-state index in [-0.39, 0.29) is 0 Å². The molecule has 1 aromatic heterocycles. The van der Waals surface area contributed by atoms with E-state index in [0.29, 0.717) is 0 Å². The molecule has 1 unspecified atom stereocenters. The summed E-state index contributed by atoms with van der Waals surface area (Å²) in [6.45, 7) is 2.47. The molecular formula is C16H22N2O. The lowest BCUT2D eigenvalue weighted by atomic mass is 9.91. The Kier molecular flexibility index (Phi) is 3.47. The van der Waals surface area contributed by atoms with Gasteiger partial charge in [0, 0.05) is 23.6 Å². The van der Waals surface area contributed by atoms with Crippen LogP contribution >= 0.6 is 0 Å². The topological polar surface area (TPSA) is 28.3 Å². The molecule has 102 valence electrons. The molecule has 19 heavy (non-hydrogen) atoms. The van der Waals surface area contributed by atoms with Crippen LogP contribution in [0, 0.1) is 5.92 Å². The lowest BCUT2D eigenvalue weighted by Crippen LogP contribution is -2.32. The summed E-state index contributed by atoms with van der Waals surface area (Å²) in [5.74, 6) is 1.72. The molecule has 3 rings (SSSR count). The van der Waals surface area contributed by atoms with E-state index < -0.39 is 0 Å². The van der Waals surface area contributed by atoms with Crippen molar-refractivity contribution in [2.45, 2.75) is 19.3 Å². The predicted octanol–water partition coefficient (Wildman–Crippen LogP) is 3.06. The van der Waals surface area contributed by atoms with E-state index in [2.05, 4.69) is 35.3 Å². The number of rotatable bonds is 3. The number of nitrogens with zero attached hydrogens (tertiary/aromatic N) is 1. The van der Waals surface area contributed by atoms with E-state index >= 15 is 0 Å². The Morgan fingerprint density at radius 1 is 1.42 bits per heavy atom. The number of ether oxygens (including phenoxy) is 1. The fourth-order valence-corrected chi connectivity index (χ4v) is 3.20. The van der Waals surface area contributed by atoms with Gasteiger partial charge in [-0.15, -0.1) is 0 Å². The average Bonchev–Trinajstić information content (AvgIpc) is 2.81. The second kappa shape index (κ2) is 5.25. The van der Waals surface area contributed by atoms with Gasteiger partial charge in [0.1, 0.15) is 5.75 Å². The standard InChI is InChI=1S/C16H22N2O/c1-18-7-3-4-12(11-18)8-13-10-17-16-6-5-14(19-2)9-15(13)16/h5-6,9-10,12,17H,3-4,7-8,11H2,1-2H3. The number of methoxy groups -OCH3 is 1. The summed E-state index contributed by atoms with van der Waals surface area (Å²) in [4.78, 5) is 5.82. The van der Waals surface area contributed by atoms with E-state index in [4.69, 9.17) is 4.74 Å². The molecule has 1 atom stereocenters. The lowest BCUT2D eigenvalue weighted by molar-refractivity contribution is 0.209. The van der Waals surface area contributed by atoms with Crippen LogP contribution in [-0.2, 0) is 6.42 Å². The number of aromatic nitrogens is 1. The van der Waals surface area contributed by atoms with Crippen molar-refractivity contribution in [3.05, 3.63) is 30.0 Å². The molecule has 0 amide bonds. The van der Waals surface area contributed by atoms with Crippen molar-refractivity contribution in [2.24, 2.45) is 5.92 Å². The molecule has 3 heteroatoms. The summed E-state index contributed by atoms with van der Waals surface area (Å²) in [6, 6.07) is 6.26. The van der Waals surface area contributed by atoms with Crippen molar-refractivity contribution in [3.8, 4) is 5.75 Å². The first-order valence-corrected chi connectivity index (χ1v) is 7.09. The molecule has 1 aliphatic heterocycles. The Morgan fingerprint density at radius 2 is 2.32 bits per heavy atom. The van der Waals surface area contributed by atoms with Crippen LogP contribution in [0.1, 0.15) is 18.4 Å². The van der Waals surface area contributed by atoms with Crippen LogP contribution in [0.25, 0.3) is 10.9 Å². The zero-order chi connectivity index (χ0) is 13.2. The highest BCUT2D eigenvalue weighted by Gasteiger charge is 2.18. The summed E-state index contributed by atoms with van der Waals surface area (Å²) in [6.07, 6.45) is 6.00. The smallest absolute Gasteiger partial charge is 0.119 e. The Labute approximate surface area is 114 Å². The van der Waals surface area contributed by atoms with Crippen LogP contribution in [0.4, 0.5) is 0 Å². The zero-order valence-corrected chi connectivity index (χ0v) is 11.8. The second-order valence-electron chi connectivity index (χ2n) is 5.70. The molecule has 1 aromatic carbocycles. The van der Waals surface area contributed by atoms with E-state index in [9.17, 15) is 0 Å². The van der Waals surface area contributed by atoms with E-state index in [1.54, 1.807) is 7.11 Å². The first-order valence-electron chi connectivity index (χ1n) is 7.09. The highest BCUT2D eigenvalue weighted by atomic mass is 16.5. The minimum absolute atomic E-state index is 0.781. The van der Waals surface area contributed by atoms with Gasteiger partial charge in [0.05, 0.1) is 7.11 Å². The minimum atomic E-state index is 0.781. The maximum atomic E-state index is 5.33. The normalized spacial score (nSPS) is 20.8. The van der Waals surface area contributed by atoms with E-state index in [1.165, 1.54) is 42.4 Å². The van der Waals surface area contributed by atoms with Crippen LogP contribution in [-0.4, -0.2) is 37.1 Å². The molecular weight excluding hydrogens is 236 g/mol. The van der Waals surface area contributed by atoms with Crippen molar-refractivity contribution in [1.82, 2.24) is 9.88 Å². The van der Waals surface area contributed by atoms with Gasteiger partial charge >= 0.3 is 0 Å². The first kappa shape index (κ1) is 12.5. The molecule has 0 saturated carbocycles.